The third-order valence-corrected chi connectivity index (χ3v) is 4.33. The van der Waals surface area contributed by atoms with Crippen LogP contribution in [0, 0.1) is 6.92 Å². The van der Waals surface area contributed by atoms with Crippen molar-refractivity contribution in [3.05, 3.63) is 57.8 Å². The molecule has 0 unspecified atom stereocenters. The fourth-order valence-corrected chi connectivity index (χ4v) is 3.15. The van der Waals surface area contributed by atoms with Gasteiger partial charge in [-0.2, -0.15) is 0 Å². The van der Waals surface area contributed by atoms with Gasteiger partial charge < -0.3 is 4.74 Å². The molecule has 0 atom stereocenters. The lowest BCUT2D eigenvalue weighted by atomic mass is 10.1. The molecule has 0 radical (unpaired) electrons. The Labute approximate surface area is 126 Å². The van der Waals surface area contributed by atoms with Crippen LogP contribution in [0.25, 0.3) is 0 Å². The molecule has 0 fully saturated rings. The molecule has 1 heterocycles. The van der Waals surface area contributed by atoms with Crippen LogP contribution in [0.5, 0.6) is 0 Å². The van der Waals surface area contributed by atoms with Crippen LogP contribution in [-0.4, -0.2) is 31.7 Å². The summed E-state index contributed by atoms with van der Waals surface area (Å²) in [5.41, 5.74) is 1.40. The molecule has 1 aromatic carbocycles. The van der Waals surface area contributed by atoms with Gasteiger partial charge >= 0.3 is 0 Å². The van der Waals surface area contributed by atoms with Crippen molar-refractivity contribution >= 4 is 11.3 Å². The highest BCUT2D eigenvalue weighted by atomic mass is 32.1. The Bertz CT molecular complexity index is 495. The van der Waals surface area contributed by atoms with E-state index in [4.69, 9.17) is 4.74 Å². The Kier molecular flexibility index (Phi) is 6.25. The van der Waals surface area contributed by atoms with Crippen molar-refractivity contribution < 1.29 is 4.74 Å². The summed E-state index contributed by atoms with van der Waals surface area (Å²) in [7, 11) is 1.77. The van der Waals surface area contributed by atoms with Crippen LogP contribution in [0.4, 0.5) is 0 Å². The van der Waals surface area contributed by atoms with E-state index in [1.54, 1.807) is 7.11 Å². The molecule has 2 rings (SSSR count). The van der Waals surface area contributed by atoms with Crippen LogP contribution in [0.2, 0.25) is 0 Å². The molecule has 0 bridgehead atoms. The summed E-state index contributed by atoms with van der Waals surface area (Å²) in [6.45, 7) is 6.04. The van der Waals surface area contributed by atoms with Crippen LogP contribution in [0.15, 0.2) is 42.5 Å². The van der Waals surface area contributed by atoms with Gasteiger partial charge in [-0.25, -0.2) is 0 Å². The maximum absolute atomic E-state index is 5.23. The van der Waals surface area contributed by atoms with Gasteiger partial charge in [-0.15, -0.1) is 11.3 Å². The topological polar surface area (TPSA) is 12.5 Å². The van der Waals surface area contributed by atoms with Crippen molar-refractivity contribution in [1.82, 2.24) is 4.90 Å². The molecule has 0 N–H and O–H groups in total. The zero-order valence-electron chi connectivity index (χ0n) is 12.3. The van der Waals surface area contributed by atoms with Crippen molar-refractivity contribution in [2.45, 2.75) is 19.9 Å². The van der Waals surface area contributed by atoms with Crippen molar-refractivity contribution in [3.8, 4) is 0 Å². The molecule has 108 valence electrons. The Hall–Kier alpha value is -1.16. The maximum atomic E-state index is 5.23. The largest absolute Gasteiger partial charge is 0.383 e. The van der Waals surface area contributed by atoms with Gasteiger partial charge in [0.2, 0.25) is 0 Å². The summed E-state index contributed by atoms with van der Waals surface area (Å²) in [6.07, 6.45) is 1.09. The average Bonchev–Trinajstić information content (AvgIpc) is 2.88. The molecule has 2 nitrogen and oxygen atoms in total. The molecule has 2 aromatic rings. The fourth-order valence-electron chi connectivity index (χ4n) is 2.21. The second-order valence-electron chi connectivity index (χ2n) is 5.02. The molecule has 20 heavy (non-hydrogen) atoms. The minimum absolute atomic E-state index is 0.791. The first-order valence-corrected chi connectivity index (χ1v) is 7.90. The lowest BCUT2D eigenvalue weighted by molar-refractivity contribution is 0.145. The number of methoxy groups -OCH3 is 1. The molecule has 0 amide bonds. The van der Waals surface area contributed by atoms with Crippen LogP contribution in [0.3, 0.4) is 0 Å². The van der Waals surface area contributed by atoms with Gasteiger partial charge in [0.05, 0.1) is 6.61 Å². The third kappa shape index (κ3) is 5.08. The summed E-state index contributed by atoms with van der Waals surface area (Å²) < 4.78 is 5.23. The fraction of sp³-hybridized carbons (Fsp3) is 0.412. The van der Waals surface area contributed by atoms with Crippen LogP contribution >= 0.6 is 11.3 Å². The normalized spacial score (nSPS) is 11.2. The van der Waals surface area contributed by atoms with Gasteiger partial charge in [-0.3, -0.25) is 4.90 Å². The zero-order chi connectivity index (χ0) is 14.2. The second-order valence-corrected chi connectivity index (χ2v) is 6.39. The summed E-state index contributed by atoms with van der Waals surface area (Å²) in [6, 6.07) is 15.1. The van der Waals surface area contributed by atoms with Crippen molar-refractivity contribution in [2.75, 3.05) is 26.8 Å². The van der Waals surface area contributed by atoms with Crippen LogP contribution in [0.1, 0.15) is 15.3 Å². The second kappa shape index (κ2) is 8.20. The molecule has 3 heteroatoms. The minimum Gasteiger partial charge on any atom is -0.383 e. The van der Waals surface area contributed by atoms with Crippen molar-refractivity contribution in [1.29, 1.82) is 0 Å². The van der Waals surface area contributed by atoms with Gasteiger partial charge in [-0.1, -0.05) is 30.3 Å². The van der Waals surface area contributed by atoms with E-state index in [1.165, 1.54) is 15.3 Å². The highest BCUT2D eigenvalue weighted by molar-refractivity contribution is 7.11. The molecule has 0 saturated heterocycles. The van der Waals surface area contributed by atoms with Gasteiger partial charge in [-0.05, 0) is 31.0 Å². The number of thiophene rings is 1. The number of benzene rings is 1. The molecule has 0 aliphatic rings. The third-order valence-electron chi connectivity index (χ3n) is 3.35. The molecule has 0 aliphatic heterocycles. The number of aryl methyl sites for hydroxylation is 1. The lowest BCUT2D eigenvalue weighted by Crippen LogP contribution is -2.28. The van der Waals surface area contributed by atoms with E-state index in [-0.39, 0.29) is 0 Å². The smallest absolute Gasteiger partial charge is 0.0589 e. The quantitative estimate of drug-likeness (QED) is 0.734. The average molecular weight is 289 g/mol. The van der Waals surface area contributed by atoms with Gasteiger partial charge in [0.1, 0.15) is 0 Å². The molecule has 0 spiro atoms. The number of nitrogens with zero attached hydrogens (tertiary/aromatic N) is 1. The Morgan fingerprint density at radius 3 is 2.50 bits per heavy atom. The molecule has 0 aliphatic carbocycles. The first-order valence-electron chi connectivity index (χ1n) is 7.08. The standard InChI is InChI=1S/C17H23NOS/c1-15-8-9-17(20-15)14-18(12-13-19-2)11-10-16-6-4-3-5-7-16/h3-9H,10-14H2,1-2H3. The number of hydrogen-bond acceptors (Lipinski definition) is 3. The number of rotatable bonds is 8. The zero-order valence-corrected chi connectivity index (χ0v) is 13.2. The highest BCUT2D eigenvalue weighted by Gasteiger charge is 2.07. The SMILES string of the molecule is COCCN(CCc1ccccc1)Cc1ccc(C)s1. The first-order chi connectivity index (χ1) is 9.78. The first kappa shape index (κ1) is 15.2. The van der Waals surface area contributed by atoms with Gasteiger partial charge in [0, 0.05) is 36.5 Å². The summed E-state index contributed by atoms with van der Waals surface area (Å²) >= 11 is 1.89. The predicted octanol–water partition coefficient (Wildman–Crippen LogP) is 3.75. The Morgan fingerprint density at radius 2 is 1.85 bits per heavy atom. The molecule has 0 saturated carbocycles. The summed E-state index contributed by atoms with van der Waals surface area (Å²) in [4.78, 5) is 5.29. The van der Waals surface area contributed by atoms with Gasteiger partial charge in [0.25, 0.3) is 0 Å². The monoisotopic (exact) mass is 289 g/mol. The van der Waals surface area contributed by atoms with E-state index in [1.807, 2.05) is 11.3 Å². The Balaban J connectivity index is 1.89. The maximum Gasteiger partial charge on any atom is 0.0589 e. The summed E-state index contributed by atoms with van der Waals surface area (Å²) in [5.74, 6) is 0. The van der Waals surface area contributed by atoms with E-state index < -0.39 is 0 Å². The van der Waals surface area contributed by atoms with E-state index in [0.717, 1.165) is 32.7 Å². The van der Waals surface area contributed by atoms with Crippen LogP contribution in [-0.2, 0) is 17.7 Å². The predicted molar refractivity (Wildman–Crippen MR) is 86.4 cm³/mol. The van der Waals surface area contributed by atoms with Crippen LogP contribution < -0.4 is 0 Å². The van der Waals surface area contributed by atoms with Gasteiger partial charge in [0.15, 0.2) is 0 Å². The Morgan fingerprint density at radius 1 is 1.05 bits per heavy atom. The number of ether oxygens (including phenoxy) is 1. The van der Waals surface area contributed by atoms with E-state index >= 15 is 0 Å². The van der Waals surface area contributed by atoms with Crippen molar-refractivity contribution in [2.24, 2.45) is 0 Å². The molecular formula is C17H23NOS. The molecule has 1 aromatic heterocycles. The molecular weight excluding hydrogens is 266 g/mol. The lowest BCUT2D eigenvalue weighted by Gasteiger charge is -2.21. The van der Waals surface area contributed by atoms with E-state index in [2.05, 4.69) is 54.3 Å². The minimum atomic E-state index is 0.791. The number of hydrogen-bond donors (Lipinski definition) is 0. The highest BCUT2D eigenvalue weighted by Crippen LogP contribution is 2.17. The van der Waals surface area contributed by atoms with Crippen molar-refractivity contribution in [3.63, 3.8) is 0 Å². The van der Waals surface area contributed by atoms with E-state index in [0.29, 0.717) is 0 Å². The summed E-state index contributed by atoms with van der Waals surface area (Å²) in [5, 5.41) is 0. The van der Waals surface area contributed by atoms with E-state index in [9.17, 15) is 0 Å².